The zero-order chi connectivity index (χ0) is 47.5. The van der Waals surface area contributed by atoms with Crippen LogP contribution < -0.4 is 11.0 Å². The van der Waals surface area contributed by atoms with Gasteiger partial charge in [-0.1, -0.05) is 20.8 Å². The van der Waals surface area contributed by atoms with Crippen LogP contribution >= 0.6 is 35.5 Å². The van der Waals surface area contributed by atoms with Crippen LogP contribution in [0.15, 0.2) is 26.7 Å². The number of hydrogen-bond acceptors (Lipinski definition) is 12. The Bertz CT molecular complexity index is 1410. The fourth-order valence-electron chi connectivity index (χ4n) is 6.23. The van der Waals surface area contributed by atoms with Gasteiger partial charge < -0.3 is 113 Å². The number of carbonyl (C=O) groups excluding carboxylic acids is 3. The predicted octanol–water partition coefficient (Wildman–Crippen LogP) is 12.0. The molecule has 4 atom stereocenters. The van der Waals surface area contributed by atoms with Crippen LogP contribution in [0.5, 0.6) is 0 Å². The SMILES string of the molecule is CC1=NSCC1.CC1CCCO1.CC1CCCS1.CC1CCOC1.CC1CCSC1.CN1CCCC1.CN1CCCC1=O.CN1CCNC1=O.CN1N=CCC1=O.Cn1cc[nH]c1=O.[CH3-].[CH3-].[CH3-].[CH3-].[CH3-].[CH3-].[CH3-].[CH3-].[CH3-].[CH3-].[V].[V].[V].[V].[V].[V].[V].[V].[V].[V]. The van der Waals surface area contributed by atoms with Crippen LogP contribution in [0.2, 0.25) is 0 Å². The van der Waals surface area contributed by atoms with E-state index in [1.807, 2.05) is 7.05 Å². The zero-order valence-electron chi connectivity index (χ0n) is 55.8. The summed E-state index contributed by atoms with van der Waals surface area (Å²) < 4.78 is 15.8. The molecule has 7 saturated heterocycles. The number of amides is 4. The summed E-state index contributed by atoms with van der Waals surface area (Å²) in [6.45, 7) is 19.2. The monoisotopic (exact) mass is 1620 g/mol. The Kier molecular flexibility index (Phi) is 162. The van der Waals surface area contributed by atoms with E-state index in [0.29, 0.717) is 18.4 Å². The van der Waals surface area contributed by atoms with Crippen LogP contribution in [0, 0.1) is 86.1 Å². The van der Waals surface area contributed by atoms with Gasteiger partial charge in [-0.3, -0.25) is 9.59 Å². The number of rotatable bonds is 0. The Morgan fingerprint density at radius 1 is 0.595 bits per heavy atom. The zero-order valence-corrected chi connectivity index (χ0v) is 72.2. The molecule has 0 spiro atoms. The molecule has 0 saturated carbocycles. The molecule has 9 aliphatic heterocycles. The number of likely N-dealkylation sites (tertiary alicyclic amines) is 2. The number of carbonyl (C=O) groups is 3. The van der Waals surface area contributed by atoms with Crippen molar-refractivity contribution in [1.29, 1.82) is 0 Å². The second-order valence-electron chi connectivity index (χ2n) is 17.4. The minimum absolute atomic E-state index is 0. The van der Waals surface area contributed by atoms with Crippen molar-refractivity contribution in [3.63, 3.8) is 0 Å². The van der Waals surface area contributed by atoms with E-state index in [-0.39, 0.29) is 277 Å². The van der Waals surface area contributed by atoms with E-state index in [1.54, 1.807) is 61.5 Å². The van der Waals surface area contributed by atoms with Crippen molar-refractivity contribution >= 4 is 65.2 Å². The molecule has 9 aliphatic rings. The van der Waals surface area contributed by atoms with E-state index in [2.05, 4.69) is 89.9 Å². The summed E-state index contributed by atoms with van der Waals surface area (Å²) >= 11 is 5.85. The molecule has 10 heterocycles. The minimum Gasteiger partial charge on any atom is -0.381 e. The third kappa shape index (κ3) is 83.3. The molecule has 7 fully saturated rings. The van der Waals surface area contributed by atoms with E-state index >= 15 is 0 Å². The molecule has 500 valence electrons. The number of nitrogens with one attached hydrogen (secondary N) is 2. The number of aromatic nitrogens is 2. The molecular formula is C56H117N9O6S3V10-10. The molecule has 4 unspecified atom stereocenters. The van der Waals surface area contributed by atoms with Crippen molar-refractivity contribution in [2.75, 3.05) is 104 Å². The van der Waals surface area contributed by atoms with Gasteiger partial charge in [-0.05, 0) is 139 Å². The van der Waals surface area contributed by atoms with Gasteiger partial charge in [-0.25, -0.2) is 19.0 Å². The summed E-state index contributed by atoms with van der Waals surface area (Å²) in [5.41, 5.74) is 1.22. The first-order chi connectivity index (χ1) is 30.6. The third-order valence-electron chi connectivity index (χ3n) is 10.8. The smallest absolute Gasteiger partial charge is 0.325 e. The molecule has 1 aromatic rings. The number of nitrogens with zero attached hydrogens (tertiary/aromatic N) is 7. The molecule has 2 N–H and O–H groups in total. The first-order valence-electron chi connectivity index (χ1n) is 23.5. The molecule has 4 amide bonds. The van der Waals surface area contributed by atoms with Gasteiger partial charge in [0.15, 0.2) is 0 Å². The van der Waals surface area contributed by atoms with Gasteiger partial charge in [0.25, 0.3) is 0 Å². The number of urea groups is 1. The van der Waals surface area contributed by atoms with E-state index in [0.717, 1.165) is 69.4 Å². The standard InChI is InChI=1S/C5H9NO.C5H11N.2C5H10O.2C5H10S.C4H8N2O.2C4H6N2O.C4H7NS.10CH3.10V/c1-6-4-2-3-5(6)7;1-6-4-2-3-5-6;1-5-2-3-6-4-5;1-5-3-2-4-6-5;1-5-2-3-6-4-5;1-5-3-2-4-6-5;2*1-6-3-2-5-4(6)7;1-6-4(7)2-3-5-6;1-4-2-3-6-5-4;;;;;;;;;;;;;;;;;;;;/h2-4H2,1H3;2-5H2,1H3;4*5H,2-4H2,1H3;2-3H2,1H3,(H,5,7);2-3H,1H3,(H,5,7);3H,2H2,1H3;2-3H2,1H3;10*1H3;;;;;;;;;;/q;;;;;;;;;;10*-1;;;;;;;;;;. The number of imidazole rings is 1. The van der Waals surface area contributed by atoms with E-state index < -0.39 is 0 Å². The predicted molar refractivity (Wildman–Crippen MR) is 337 cm³/mol. The topological polar surface area (TPSA) is 157 Å². The molecule has 1 aromatic heterocycles. The Balaban J connectivity index is -0.0000000293. The number of aromatic amines is 1. The van der Waals surface area contributed by atoms with Crippen molar-refractivity contribution < 1.29 is 209 Å². The average molecular weight is 1620 g/mol. The van der Waals surface area contributed by atoms with Gasteiger partial charge in [-0.2, -0.15) is 28.6 Å². The molecular weight excluding hydrogens is 1500 g/mol. The average Bonchev–Trinajstić information content (AvgIpc) is 4.09. The summed E-state index contributed by atoms with van der Waals surface area (Å²) in [6.07, 6.45) is 19.9. The Morgan fingerprint density at radius 3 is 1.29 bits per heavy atom. The molecule has 15 nitrogen and oxygen atoms in total. The fraction of sp³-hybridized carbons (Fsp3) is 0.679. The molecule has 10 radical (unpaired) electrons. The summed E-state index contributed by atoms with van der Waals surface area (Å²) in [4.78, 5) is 49.8. The van der Waals surface area contributed by atoms with Gasteiger partial charge in [0.2, 0.25) is 11.8 Å². The maximum absolute atomic E-state index is 10.5. The van der Waals surface area contributed by atoms with Crippen LogP contribution in [-0.2, 0) is 212 Å². The summed E-state index contributed by atoms with van der Waals surface area (Å²) in [7, 11) is 9.13. The maximum atomic E-state index is 10.5. The number of thioether (sulfide) groups is 2. The third-order valence-corrected chi connectivity index (χ3v) is 14.3. The molecule has 84 heavy (non-hydrogen) atoms. The number of hydrazone groups is 1. The first kappa shape index (κ1) is 144. The summed E-state index contributed by atoms with van der Waals surface area (Å²) in [5, 5.41) is 8.63. The van der Waals surface area contributed by atoms with Crippen LogP contribution in [0.4, 0.5) is 4.79 Å². The number of H-pyrrole nitrogens is 1. The van der Waals surface area contributed by atoms with Gasteiger partial charge in [-0.15, -0.1) is 0 Å². The fourth-order valence-corrected chi connectivity index (χ4v) is 9.39. The van der Waals surface area contributed by atoms with Crippen molar-refractivity contribution in [3.05, 3.63) is 97.1 Å². The van der Waals surface area contributed by atoms with Crippen molar-refractivity contribution in [2.45, 2.75) is 123 Å². The van der Waals surface area contributed by atoms with Crippen molar-refractivity contribution in [1.82, 2.24) is 34.6 Å². The second kappa shape index (κ2) is 95.0. The molecule has 10 rings (SSSR count). The van der Waals surface area contributed by atoms with Crippen LogP contribution in [0.3, 0.4) is 0 Å². The molecule has 0 bridgehead atoms. The largest absolute Gasteiger partial charge is 0.381 e. The van der Waals surface area contributed by atoms with E-state index in [1.165, 1.54) is 109 Å². The van der Waals surface area contributed by atoms with Crippen molar-refractivity contribution in [2.24, 2.45) is 28.4 Å². The summed E-state index contributed by atoms with van der Waals surface area (Å²) in [6, 6.07) is 0.0417. The Hall–Kier alpha value is 3.33. The van der Waals surface area contributed by atoms with Crippen LogP contribution in [0.1, 0.15) is 112 Å². The Labute approximate surface area is 653 Å². The van der Waals surface area contributed by atoms with Crippen LogP contribution in [0.25, 0.3) is 0 Å². The van der Waals surface area contributed by atoms with Crippen LogP contribution in [-0.4, -0.2) is 174 Å². The minimum atomic E-state index is -0.0694. The number of aryl methyl sites for hydroxylation is 1. The first-order valence-corrected chi connectivity index (χ1v) is 26.7. The van der Waals surface area contributed by atoms with Gasteiger partial charge in [0.05, 0.1) is 12.5 Å². The number of hydrogen-bond donors (Lipinski definition) is 2. The molecule has 0 aromatic carbocycles. The quantitative estimate of drug-likeness (QED) is 0.189. The van der Waals surface area contributed by atoms with E-state index in [4.69, 9.17) is 9.47 Å². The van der Waals surface area contributed by atoms with Gasteiger partial charge in [0.1, 0.15) is 0 Å². The van der Waals surface area contributed by atoms with Gasteiger partial charge >= 0.3 is 11.7 Å². The van der Waals surface area contributed by atoms with E-state index in [9.17, 15) is 19.2 Å². The maximum Gasteiger partial charge on any atom is 0.325 e. The van der Waals surface area contributed by atoms with Gasteiger partial charge in [0, 0.05) is 295 Å². The number of likely N-dealkylation sites (N-methyl/N-ethyl adjacent to an activating group) is 1. The normalized spacial score (nSPS) is 19.0. The summed E-state index contributed by atoms with van der Waals surface area (Å²) in [5.74, 6) is 7.61. The second-order valence-corrected chi connectivity index (χ2v) is 20.9. The molecule has 0 aliphatic carbocycles. The van der Waals surface area contributed by atoms with Crippen molar-refractivity contribution in [3.8, 4) is 0 Å². The Morgan fingerprint density at radius 2 is 1.17 bits per heavy atom. The number of ether oxygens (including phenoxy) is 2. The molecule has 28 heteroatoms.